The number of carbonyl (C=O) groups excluding carboxylic acids is 2. The van der Waals surface area contributed by atoms with Crippen LogP contribution in [0.5, 0.6) is 0 Å². The molecule has 0 radical (unpaired) electrons. The molecule has 3 rings (SSSR count). The van der Waals surface area contributed by atoms with Gasteiger partial charge in [0.05, 0.1) is 10.9 Å². The average molecular weight is 303 g/mol. The highest BCUT2D eigenvalue weighted by atomic mass is 16.7. The zero-order chi connectivity index (χ0) is 15.9. The molecule has 1 fully saturated rings. The van der Waals surface area contributed by atoms with Crippen molar-refractivity contribution in [1.82, 2.24) is 10.2 Å². The Morgan fingerprint density at radius 1 is 1.09 bits per heavy atom. The van der Waals surface area contributed by atoms with E-state index in [1.165, 1.54) is 20.0 Å². The maximum atomic E-state index is 11.8. The van der Waals surface area contributed by atoms with Crippen LogP contribution in [0, 0.1) is 0 Å². The van der Waals surface area contributed by atoms with Gasteiger partial charge in [0.25, 0.3) is 11.3 Å². The van der Waals surface area contributed by atoms with Crippen LogP contribution in [0.15, 0.2) is 34.8 Å². The van der Waals surface area contributed by atoms with Crippen LogP contribution in [-0.4, -0.2) is 27.9 Å². The summed E-state index contributed by atoms with van der Waals surface area (Å²) in [6, 6.07) is 4.96. The predicted molar refractivity (Wildman–Crippen MR) is 76.9 cm³/mol. The molecule has 2 heterocycles. The fourth-order valence-corrected chi connectivity index (χ4v) is 2.06. The molecule has 1 aliphatic rings. The van der Waals surface area contributed by atoms with Gasteiger partial charge in [0.1, 0.15) is 0 Å². The fraction of sp³-hybridized carbons (Fsp3) is 0.214. The normalized spacial score (nSPS) is 17.1. The number of rotatable bonds is 2. The van der Waals surface area contributed by atoms with Gasteiger partial charge in [0.2, 0.25) is 0 Å². The molecule has 1 aliphatic heterocycles. The third-order valence-corrected chi connectivity index (χ3v) is 3.07. The zero-order valence-corrected chi connectivity index (χ0v) is 11.9. The molecule has 0 unspecified atom stereocenters. The number of ether oxygens (including phenoxy) is 2. The van der Waals surface area contributed by atoms with E-state index < -0.39 is 17.7 Å². The quantitative estimate of drug-likeness (QED) is 0.433. The van der Waals surface area contributed by atoms with Gasteiger partial charge >= 0.3 is 11.9 Å². The summed E-state index contributed by atoms with van der Waals surface area (Å²) >= 11 is 0. The smallest absolute Gasteiger partial charge is 0.350 e. The van der Waals surface area contributed by atoms with Crippen LogP contribution < -0.4 is 10.9 Å². The number of H-pyrrole nitrogens is 2. The molecular weight excluding hydrogens is 290 g/mol. The third kappa shape index (κ3) is 2.46. The largest absolute Gasteiger partial charge is 0.419 e. The van der Waals surface area contributed by atoms with Gasteiger partial charge in [-0.1, -0.05) is 0 Å². The van der Waals surface area contributed by atoms with Gasteiger partial charge in [-0.3, -0.25) is 15.0 Å². The topological polar surface area (TPSA) is 113 Å². The van der Waals surface area contributed by atoms with Crippen LogP contribution in [0.1, 0.15) is 13.8 Å². The first-order valence-electron chi connectivity index (χ1n) is 6.49. The van der Waals surface area contributed by atoms with Crippen LogP contribution >= 0.6 is 0 Å². The summed E-state index contributed by atoms with van der Waals surface area (Å²) in [6.07, 6.45) is 1.20. The summed E-state index contributed by atoms with van der Waals surface area (Å²) in [6.45, 7) is 2.94. The maximum Gasteiger partial charge on any atom is 0.350 e. The van der Waals surface area contributed by atoms with E-state index in [1.807, 2.05) is 0 Å². The number of hydrogen-bond acceptors (Lipinski definition) is 6. The Labute approximate surface area is 124 Å². The molecule has 0 aliphatic carbocycles. The molecule has 3 N–H and O–H groups in total. The highest BCUT2D eigenvalue weighted by molar-refractivity contribution is 6.15. The van der Waals surface area contributed by atoms with Gasteiger partial charge in [-0.25, -0.2) is 9.59 Å². The van der Waals surface area contributed by atoms with Crippen LogP contribution in [-0.2, 0) is 19.1 Å². The number of cyclic esters (lactones) is 2. The fourth-order valence-electron chi connectivity index (χ4n) is 2.06. The summed E-state index contributed by atoms with van der Waals surface area (Å²) in [5.74, 6) is -2.81. The van der Waals surface area contributed by atoms with E-state index in [4.69, 9.17) is 9.47 Å². The molecule has 1 aromatic carbocycles. The minimum absolute atomic E-state index is 0.248. The monoisotopic (exact) mass is 303 g/mol. The number of carbonyl (C=O) groups is 2. The van der Waals surface area contributed by atoms with Gasteiger partial charge in [-0.2, -0.15) is 0 Å². The van der Waals surface area contributed by atoms with E-state index in [9.17, 15) is 14.4 Å². The van der Waals surface area contributed by atoms with Crippen molar-refractivity contribution in [3.63, 3.8) is 0 Å². The van der Waals surface area contributed by atoms with Crippen molar-refractivity contribution in [1.29, 1.82) is 0 Å². The zero-order valence-electron chi connectivity index (χ0n) is 11.9. The van der Waals surface area contributed by atoms with Crippen LogP contribution in [0.4, 0.5) is 5.69 Å². The molecule has 2 aromatic rings. The van der Waals surface area contributed by atoms with E-state index in [0.29, 0.717) is 16.6 Å². The molecule has 22 heavy (non-hydrogen) atoms. The van der Waals surface area contributed by atoms with Crippen molar-refractivity contribution in [3.05, 3.63) is 40.3 Å². The third-order valence-electron chi connectivity index (χ3n) is 3.07. The summed E-state index contributed by atoms with van der Waals surface area (Å²) in [4.78, 5) is 35.1. The number of hydrogen-bond donors (Lipinski definition) is 3. The first-order chi connectivity index (χ1) is 10.4. The molecule has 0 saturated carbocycles. The number of anilines is 1. The summed E-state index contributed by atoms with van der Waals surface area (Å²) in [7, 11) is 0. The van der Waals surface area contributed by atoms with E-state index in [1.54, 1.807) is 18.2 Å². The molecule has 0 amide bonds. The average Bonchev–Trinajstić information content (AvgIpc) is 2.78. The van der Waals surface area contributed by atoms with E-state index in [2.05, 4.69) is 15.5 Å². The molecule has 8 nitrogen and oxygen atoms in total. The van der Waals surface area contributed by atoms with E-state index in [0.717, 1.165) is 0 Å². The number of benzene rings is 1. The Hall–Kier alpha value is -3.03. The SMILES string of the molecule is CC1(C)OC(=O)C(=CNc2ccc3[nH][nH]c(=O)c3c2)C(=O)O1. The minimum atomic E-state index is -1.27. The Kier molecular flexibility index (Phi) is 3.01. The van der Waals surface area contributed by atoms with Crippen molar-refractivity contribution >= 4 is 28.5 Å². The summed E-state index contributed by atoms with van der Waals surface area (Å²) in [5.41, 5.74) is 0.684. The highest BCUT2D eigenvalue weighted by Crippen LogP contribution is 2.23. The molecular formula is C14H13N3O5. The number of aromatic nitrogens is 2. The molecule has 8 heteroatoms. The lowest BCUT2D eigenvalue weighted by Gasteiger charge is -2.29. The second-order valence-electron chi connectivity index (χ2n) is 5.22. The molecule has 0 spiro atoms. The molecule has 1 saturated heterocycles. The Morgan fingerprint density at radius 3 is 2.45 bits per heavy atom. The van der Waals surface area contributed by atoms with Gasteiger partial charge in [0, 0.05) is 25.7 Å². The number of esters is 2. The van der Waals surface area contributed by atoms with Crippen molar-refractivity contribution in [2.75, 3.05) is 5.32 Å². The van der Waals surface area contributed by atoms with Gasteiger partial charge in [-0.15, -0.1) is 0 Å². The lowest BCUT2D eigenvalue weighted by atomic mass is 10.2. The Morgan fingerprint density at radius 2 is 1.77 bits per heavy atom. The molecule has 114 valence electrons. The van der Waals surface area contributed by atoms with Crippen molar-refractivity contribution in [2.45, 2.75) is 19.6 Å². The first-order valence-corrected chi connectivity index (χ1v) is 6.49. The van der Waals surface area contributed by atoms with Crippen LogP contribution in [0.3, 0.4) is 0 Å². The summed E-state index contributed by atoms with van der Waals surface area (Å²) in [5, 5.41) is 8.41. The molecule has 0 atom stereocenters. The summed E-state index contributed by atoms with van der Waals surface area (Å²) < 4.78 is 9.94. The number of fused-ring (bicyclic) bond motifs is 1. The second-order valence-corrected chi connectivity index (χ2v) is 5.22. The van der Waals surface area contributed by atoms with E-state index >= 15 is 0 Å². The van der Waals surface area contributed by atoms with Crippen molar-refractivity contribution in [3.8, 4) is 0 Å². The number of nitrogens with one attached hydrogen (secondary N) is 3. The van der Waals surface area contributed by atoms with Crippen LogP contribution in [0.25, 0.3) is 10.9 Å². The second kappa shape index (κ2) is 4.76. The predicted octanol–water partition coefficient (Wildman–Crippen LogP) is 0.988. The van der Waals surface area contributed by atoms with Crippen LogP contribution in [0.2, 0.25) is 0 Å². The highest BCUT2D eigenvalue weighted by Gasteiger charge is 2.38. The lowest BCUT2D eigenvalue weighted by molar-refractivity contribution is -0.222. The first kappa shape index (κ1) is 13.9. The molecule has 0 bridgehead atoms. The van der Waals surface area contributed by atoms with Gasteiger partial charge in [0.15, 0.2) is 5.57 Å². The minimum Gasteiger partial charge on any atom is -0.419 e. The van der Waals surface area contributed by atoms with Gasteiger partial charge < -0.3 is 14.8 Å². The lowest BCUT2D eigenvalue weighted by Crippen LogP contribution is -2.42. The van der Waals surface area contributed by atoms with Crippen molar-refractivity contribution < 1.29 is 19.1 Å². The van der Waals surface area contributed by atoms with E-state index in [-0.39, 0.29) is 11.1 Å². The standard InChI is InChI=1S/C14H13N3O5/c1-14(2)21-12(19)9(13(20)22-14)6-15-7-3-4-10-8(5-7)11(18)17-16-10/h3-6,15H,1-2H3,(H2,16,17,18). The molecule has 1 aromatic heterocycles. The number of aromatic amines is 2. The maximum absolute atomic E-state index is 11.8. The Balaban J connectivity index is 1.86. The Bertz CT molecular complexity index is 837. The van der Waals surface area contributed by atoms with Gasteiger partial charge in [-0.05, 0) is 18.2 Å². The van der Waals surface area contributed by atoms with Crippen molar-refractivity contribution in [2.24, 2.45) is 0 Å².